The Balaban J connectivity index is 4.50. The average molecular weight is 901 g/mol. The van der Waals surface area contributed by atoms with Crippen molar-refractivity contribution in [3.63, 3.8) is 0 Å². The van der Waals surface area contributed by atoms with Crippen molar-refractivity contribution >= 4 is 17.9 Å². The van der Waals surface area contributed by atoms with Crippen LogP contribution in [0.15, 0.2) is 109 Å². The fourth-order valence-corrected chi connectivity index (χ4v) is 6.95. The summed E-state index contributed by atoms with van der Waals surface area (Å²) in [4.78, 5) is 38.0. The lowest BCUT2D eigenvalue weighted by molar-refractivity contribution is -0.167. The zero-order chi connectivity index (χ0) is 47.2. The summed E-state index contributed by atoms with van der Waals surface area (Å²) in [5, 5.41) is 0. The summed E-state index contributed by atoms with van der Waals surface area (Å²) >= 11 is 0. The molecule has 0 aromatic carbocycles. The molecule has 0 fully saturated rings. The van der Waals surface area contributed by atoms with Crippen LogP contribution in [0.4, 0.5) is 0 Å². The van der Waals surface area contributed by atoms with E-state index in [0.29, 0.717) is 19.3 Å². The largest absolute Gasteiger partial charge is 0.462 e. The molecule has 368 valence electrons. The molecule has 65 heavy (non-hydrogen) atoms. The van der Waals surface area contributed by atoms with Crippen molar-refractivity contribution in [2.45, 2.75) is 232 Å². The average Bonchev–Trinajstić information content (AvgIpc) is 3.30. The Labute approximate surface area is 400 Å². The zero-order valence-electron chi connectivity index (χ0n) is 42.0. The molecule has 0 aliphatic rings. The van der Waals surface area contributed by atoms with Gasteiger partial charge in [0.05, 0.1) is 0 Å². The van der Waals surface area contributed by atoms with E-state index in [1.807, 2.05) is 54.7 Å². The maximum absolute atomic E-state index is 12.8. The molecule has 0 saturated carbocycles. The molecule has 0 spiro atoms. The molecule has 0 rings (SSSR count). The SMILES string of the molecule is CC\C=C/C=C\C=C/C=C\C=C/CCCC(=O)OCC(COC(=O)CCCCCCC/C=C\CCCCCCCCCCC)OC(=O)CCCCCCCC/C=C\C/C=C\C/C=C\CC. The normalized spacial score (nSPS) is 13.0. The lowest BCUT2D eigenvalue weighted by Crippen LogP contribution is -2.30. The lowest BCUT2D eigenvalue weighted by atomic mass is 10.1. The minimum Gasteiger partial charge on any atom is -0.462 e. The van der Waals surface area contributed by atoms with Gasteiger partial charge in [-0.3, -0.25) is 14.4 Å². The molecule has 6 heteroatoms. The smallest absolute Gasteiger partial charge is 0.306 e. The highest BCUT2D eigenvalue weighted by Crippen LogP contribution is 2.14. The van der Waals surface area contributed by atoms with Gasteiger partial charge in [0, 0.05) is 19.3 Å². The summed E-state index contributed by atoms with van der Waals surface area (Å²) in [5.74, 6) is -1.01. The predicted molar refractivity (Wildman–Crippen MR) is 279 cm³/mol. The Hall–Kier alpha value is -3.93. The van der Waals surface area contributed by atoms with E-state index in [2.05, 4.69) is 75.5 Å². The number of ether oxygens (including phenoxy) is 3. The van der Waals surface area contributed by atoms with Crippen LogP contribution in [0.1, 0.15) is 226 Å². The fourth-order valence-electron chi connectivity index (χ4n) is 6.95. The van der Waals surface area contributed by atoms with E-state index in [4.69, 9.17) is 14.2 Å². The lowest BCUT2D eigenvalue weighted by Gasteiger charge is -2.18. The molecule has 0 amide bonds. The quantitative estimate of drug-likeness (QED) is 0.0199. The highest BCUT2D eigenvalue weighted by Gasteiger charge is 2.19. The number of esters is 3. The van der Waals surface area contributed by atoms with Crippen LogP contribution in [-0.2, 0) is 28.6 Å². The highest BCUT2D eigenvalue weighted by molar-refractivity contribution is 5.71. The fraction of sp³-hybridized carbons (Fsp3) is 0.644. The van der Waals surface area contributed by atoms with Crippen molar-refractivity contribution in [3.05, 3.63) is 109 Å². The van der Waals surface area contributed by atoms with Crippen molar-refractivity contribution in [2.24, 2.45) is 0 Å². The number of rotatable bonds is 46. The number of hydrogen-bond acceptors (Lipinski definition) is 6. The minimum atomic E-state index is -0.819. The summed E-state index contributed by atoms with van der Waals surface area (Å²) in [6, 6.07) is 0. The maximum Gasteiger partial charge on any atom is 0.306 e. The molecular formula is C59H96O6. The van der Waals surface area contributed by atoms with Gasteiger partial charge < -0.3 is 14.2 Å². The van der Waals surface area contributed by atoms with Crippen LogP contribution < -0.4 is 0 Å². The molecule has 0 radical (unpaired) electrons. The van der Waals surface area contributed by atoms with Gasteiger partial charge in [-0.1, -0.05) is 226 Å². The van der Waals surface area contributed by atoms with E-state index in [0.717, 1.165) is 96.3 Å². The van der Waals surface area contributed by atoms with Gasteiger partial charge in [0.1, 0.15) is 13.2 Å². The Morgan fingerprint density at radius 3 is 1.18 bits per heavy atom. The molecule has 0 aliphatic carbocycles. The number of carbonyl (C=O) groups is 3. The van der Waals surface area contributed by atoms with Gasteiger partial charge >= 0.3 is 17.9 Å². The first-order chi connectivity index (χ1) is 32.0. The van der Waals surface area contributed by atoms with E-state index in [1.165, 1.54) is 83.5 Å². The van der Waals surface area contributed by atoms with Crippen LogP contribution in [0.25, 0.3) is 0 Å². The van der Waals surface area contributed by atoms with Gasteiger partial charge in [-0.15, -0.1) is 0 Å². The molecule has 6 nitrogen and oxygen atoms in total. The van der Waals surface area contributed by atoms with E-state index >= 15 is 0 Å². The van der Waals surface area contributed by atoms with Gasteiger partial charge in [0.25, 0.3) is 0 Å². The Morgan fingerprint density at radius 2 is 0.692 bits per heavy atom. The first-order valence-corrected chi connectivity index (χ1v) is 26.5. The summed E-state index contributed by atoms with van der Waals surface area (Å²) in [6.07, 6.45) is 70.8. The second-order valence-electron chi connectivity index (χ2n) is 17.1. The maximum atomic E-state index is 12.8. The standard InChI is InChI=1S/C59H96O6/c1-4-7-10-13-16-19-22-25-27-29-30-32-34-37-40-43-46-49-52-58(61)64-55-56(54-63-57(60)51-48-45-42-39-36-33-24-21-18-15-12-9-6-3)65-59(62)53-50-47-44-41-38-35-31-28-26-23-20-17-14-11-8-5-2/h8-9,11-12,15,17-18,20-21,24,26,28,30,32-33,36,39,42,56H,4-7,10,13-14,16,19,22-23,25,27,29,31,34-35,37-38,40-41,43-55H2,1-3H3/b11-8-,12-9-,18-15-,20-17-,24-21-,28-26-,32-30-,36-33-,42-39-. The van der Waals surface area contributed by atoms with Crippen LogP contribution in [0.5, 0.6) is 0 Å². The molecule has 0 aliphatic heterocycles. The molecular weight excluding hydrogens is 805 g/mol. The third-order valence-corrected chi connectivity index (χ3v) is 10.9. The van der Waals surface area contributed by atoms with E-state index in [-0.39, 0.29) is 37.5 Å². The van der Waals surface area contributed by atoms with Gasteiger partial charge in [-0.2, -0.15) is 0 Å². The van der Waals surface area contributed by atoms with Crippen LogP contribution in [0.2, 0.25) is 0 Å². The van der Waals surface area contributed by atoms with Crippen LogP contribution in [0.3, 0.4) is 0 Å². The summed E-state index contributed by atoms with van der Waals surface area (Å²) < 4.78 is 16.7. The molecule has 1 atom stereocenters. The molecule has 0 saturated heterocycles. The highest BCUT2D eigenvalue weighted by atomic mass is 16.6. The van der Waals surface area contributed by atoms with Crippen molar-refractivity contribution in [2.75, 3.05) is 13.2 Å². The topological polar surface area (TPSA) is 78.9 Å². The van der Waals surface area contributed by atoms with Gasteiger partial charge in [0.15, 0.2) is 6.10 Å². The first-order valence-electron chi connectivity index (χ1n) is 26.5. The second-order valence-corrected chi connectivity index (χ2v) is 17.1. The van der Waals surface area contributed by atoms with Gasteiger partial charge in [-0.25, -0.2) is 0 Å². The molecule has 0 bridgehead atoms. The van der Waals surface area contributed by atoms with Crippen molar-refractivity contribution in [1.82, 2.24) is 0 Å². The Morgan fingerprint density at radius 1 is 0.338 bits per heavy atom. The second kappa shape index (κ2) is 52.7. The third kappa shape index (κ3) is 50.9. The molecule has 1 unspecified atom stereocenters. The zero-order valence-corrected chi connectivity index (χ0v) is 42.0. The van der Waals surface area contributed by atoms with Crippen molar-refractivity contribution in [3.8, 4) is 0 Å². The monoisotopic (exact) mass is 901 g/mol. The van der Waals surface area contributed by atoms with Crippen molar-refractivity contribution < 1.29 is 28.6 Å². The molecule has 0 N–H and O–H groups in total. The number of allylic oxidation sites excluding steroid dienone is 18. The van der Waals surface area contributed by atoms with Crippen LogP contribution in [0, 0.1) is 0 Å². The van der Waals surface area contributed by atoms with Crippen molar-refractivity contribution in [1.29, 1.82) is 0 Å². The molecule has 0 aromatic heterocycles. The third-order valence-electron chi connectivity index (χ3n) is 10.9. The first kappa shape index (κ1) is 61.1. The minimum absolute atomic E-state index is 0.112. The predicted octanol–water partition coefficient (Wildman–Crippen LogP) is 17.5. The van der Waals surface area contributed by atoms with E-state index in [9.17, 15) is 14.4 Å². The molecule has 0 aromatic rings. The van der Waals surface area contributed by atoms with Gasteiger partial charge in [0.2, 0.25) is 0 Å². The summed E-state index contributed by atoms with van der Waals surface area (Å²) in [5.41, 5.74) is 0. The van der Waals surface area contributed by atoms with E-state index < -0.39 is 6.10 Å². The summed E-state index contributed by atoms with van der Waals surface area (Å²) in [6.45, 7) is 6.29. The number of carbonyl (C=O) groups excluding carboxylic acids is 3. The van der Waals surface area contributed by atoms with Crippen LogP contribution >= 0.6 is 0 Å². The Kier molecular flexibility index (Phi) is 49.5. The number of unbranched alkanes of at least 4 members (excludes halogenated alkanes) is 21. The van der Waals surface area contributed by atoms with Crippen LogP contribution in [-0.4, -0.2) is 37.2 Å². The number of hydrogen-bond donors (Lipinski definition) is 0. The van der Waals surface area contributed by atoms with Gasteiger partial charge in [-0.05, 0) is 89.9 Å². The Bertz CT molecular complexity index is 1360. The van der Waals surface area contributed by atoms with E-state index in [1.54, 1.807) is 0 Å². The summed E-state index contributed by atoms with van der Waals surface area (Å²) in [7, 11) is 0. The molecule has 0 heterocycles.